The van der Waals surface area contributed by atoms with Crippen molar-refractivity contribution in [3.05, 3.63) is 23.8 Å². The monoisotopic (exact) mass is 247 g/mol. The van der Waals surface area contributed by atoms with Crippen LogP contribution >= 0.6 is 0 Å². The van der Waals surface area contributed by atoms with Crippen molar-refractivity contribution in [1.29, 1.82) is 0 Å². The molecule has 0 spiro atoms. The summed E-state index contributed by atoms with van der Waals surface area (Å²) in [5.41, 5.74) is 14.4. The molecule has 2 rings (SSSR count). The van der Waals surface area contributed by atoms with E-state index >= 15 is 0 Å². The van der Waals surface area contributed by atoms with E-state index in [4.69, 9.17) is 11.5 Å². The van der Waals surface area contributed by atoms with Gasteiger partial charge in [0.15, 0.2) is 0 Å². The Balaban J connectivity index is 1.99. The number of rotatable bonds is 3. The van der Waals surface area contributed by atoms with E-state index in [1.54, 1.807) is 0 Å². The van der Waals surface area contributed by atoms with Gasteiger partial charge in [-0.3, -0.25) is 4.79 Å². The van der Waals surface area contributed by atoms with Crippen LogP contribution in [0.3, 0.4) is 0 Å². The highest BCUT2D eigenvalue weighted by molar-refractivity contribution is 5.74. The van der Waals surface area contributed by atoms with Crippen molar-refractivity contribution >= 4 is 17.3 Å². The minimum Gasteiger partial charge on any atom is -0.397 e. The van der Waals surface area contributed by atoms with Gasteiger partial charge in [-0.25, -0.2) is 0 Å². The van der Waals surface area contributed by atoms with Crippen molar-refractivity contribution in [2.45, 2.75) is 26.2 Å². The Morgan fingerprint density at radius 1 is 1.39 bits per heavy atom. The second-order valence-electron chi connectivity index (χ2n) is 5.16. The zero-order valence-corrected chi connectivity index (χ0v) is 10.9. The summed E-state index contributed by atoms with van der Waals surface area (Å²) in [6.45, 7) is 3.94. The lowest BCUT2D eigenvalue weighted by Crippen LogP contribution is -2.35. The van der Waals surface area contributed by atoms with E-state index in [2.05, 4.69) is 17.0 Å². The summed E-state index contributed by atoms with van der Waals surface area (Å²) in [5, 5.41) is 0. The number of amides is 1. The van der Waals surface area contributed by atoms with Crippen LogP contribution in [0.15, 0.2) is 18.2 Å². The predicted molar refractivity (Wildman–Crippen MR) is 74.3 cm³/mol. The van der Waals surface area contributed by atoms with Crippen molar-refractivity contribution in [2.24, 2.45) is 11.7 Å². The van der Waals surface area contributed by atoms with E-state index in [-0.39, 0.29) is 5.91 Å². The molecular formula is C14H21N3O. The van der Waals surface area contributed by atoms with Crippen LogP contribution in [-0.2, 0) is 4.79 Å². The van der Waals surface area contributed by atoms with Gasteiger partial charge in [0.1, 0.15) is 0 Å². The molecule has 1 amide bonds. The zero-order chi connectivity index (χ0) is 13.1. The van der Waals surface area contributed by atoms with Crippen LogP contribution in [0.2, 0.25) is 0 Å². The number of anilines is 2. The van der Waals surface area contributed by atoms with Gasteiger partial charge in [-0.05, 0) is 43.4 Å². The molecule has 0 saturated carbocycles. The fourth-order valence-electron chi connectivity index (χ4n) is 2.62. The molecule has 0 aliphatic carbocycles. The van der Waals surface area contributed by atoms with Crippen molar-refractivity contribution in [3.8, 4) is 0 Å². The molecule has 1 aliphatic heterocycles. The number of primary amides is 1. The Labute approximate surface area is 108 Å². The van der Waals surface area contributed by atoms with Crippen LogP contribution < -0.4 is 16.4 Å². The Hall–Kier alpha value is -1.71. The lowest BCUT2D eigenvalue weighted by Gasteiger charge is -2.34. The maximum Gasteiger partial charge on any atom is 0.217 e. The predicted octanol–water partition coefficient (Wildman–Crippen LogP) is 1.67. The molecule has 0 radical (unpaired) electrons. The summed E-state index contributed by atoms with van der Waals surface area (Å²) in [5.74, 6) is 0.244. The van der Waals surface area contributed by atoms with E-state index < -0.39 is 0 Å². The van der Waals surface area contributed by atoms with Crippen LogP contribution in [0.25, 0.3) is 0 Å². The van der Waals surface area contributed by atoms with Gasteiger partial charge in [0, 0.05) is 19.5 Å². The minimum absolute atomic E-state index is 0.191. The van der Waals surface area contributed by atoms with Crippen LogP contribution in [0.4, 0.5) is 11.4 Å². The molecule has 1 aromatic carbocycles. The first-order chi connectivity index (χ1) is 8.56. The molecule has 1 heterocycles. The Morgan fingerprint density at radius 2 is 2.06 bits per heavy atom. The van der Waals surface area contributed by atoms with Gasteiger partial charge in [-0.2, -0.15) is 0 Å². The van der Waals surface area contributed by atoms with E-state index in [0.29, 0.717) is 12.3 Å². The van der Waals surface area contributed by atoms with Gasteiger partial charge in [0.05, 0.1) is 11.4 Å². The van der Waals surface area contributed by atoms with Crippen LogP contribution in [-0.4, -0.2) is 19.0 Å². The van der Waals surface area contributed by atoms with Crippen molar-refractivity contribution in [3.63, 3.8) is 0 Å². The van der Waals surface area contributed by atoms with Gasteiger partial charge >= 0.3 is 0 Å². The molecule has 1 saturated heterocycles. The van der Waals surface area contributed by atoms with Crippen molar-refractivity contribution < 1.29 is 4.79 Å². The van der Waals surface area contributed by atoms with Gasteiger partial charge in [0.25, 0.3) is 0 Å². The highest BCUT2D eigenvalue weighted by Gasteiger charge is 2.21. The average molecular weight is 247 g/mol. The third-order valence-corrected chi connectivity index (χ3v) is 3.63. The lowest BCUT2D eigenvalue weighted by molar-refractivity contribution is -0.119. The second-order valence-corrected chi connectivity index (χ2v) is 5.16. The number of nitrogens with zero attached hydrogens (tertiary/aromatic N) is 1. The standard InChI is InChI=1S/C14H21N3O/c1-10-2-3-13(12(15)8-10)17-6-4-11(5-7-17)9-14(16)18/h2-3,8,11H,4-7,9,15H2,1H3,(H2,16,18). The molecule has 4 nitrogen and oxygen atoms in total. The molecule has 4 heteroatoms. The van der Waals surface area contributed by atoms with Crippen LogP contribution in [0.1, 0.15) is 24.8 Å². The largest absolute Gasteiger partial charge is 0.397 e. The third kappa shape index (κ3) is 2.94. The van der Waals surface area contributed by atoms with E-state index in [0.717, 1.165) is 37.3 Å². The SMILES string of the molecule is Cc1ccc(N2CCC(CC(N)=O)CC2)c(N)c1. The Morgan fingerprint density at radius 3 is 2.61 bits per heavy atom. The average Bonchev–Trinajstić information content (AvgIpc) is 2.30. The summed E-state index contributed by atoms with van der Waals surface area (Å²) in [6.07, 6.45) is 2.53. The number of nitrogens with two attached hydrogens (primary N) is 2. The minimum atomic E-state index is -0.191. The molecule has 1 aliphatic rings. The maximum atomic E-state index is 10.9. The molecule has 0 bridgehead atoms. The number of piperidine rings is 1. The number of carbonyl (C=O) groups excluding carboxylic acids is 1. The Kier molecular flexibility index (Phi) is 3.75. The molecule has 4 N–H and O–H groups in total. The number of aryl methyl sites for hydroxylation is 1. The van der Waals surface area contributed by atoms with Crippen LogP contribution in [0.5, 0.6) is 0 Å². The molecule has 1 aromatic rings. The first kappa shape index (κ1) is 12.7. The smallest absolute Gasteiger partial charge is 0.217 e. The molecule has 0 atom stereocenters. The lowest BCUT2D eigenvalue weighted by atomic mass is 9.93. The Bertz CT molecular complexity index is 437. The van der Waals surface area contributed by atoms with E-state index in [9.17, 15) is 4.79 Å². The molecule has 0 unspecified atom stereocenters. The van der Waals surface area contributed by atoms with Crippen molar-refractivity contribution in [1.82, 2.24) is 0 Å². The van der Waals surface area contributed by atoms with E-state index in [1.807, 2.05) is 13.0 Å². The number of hydrogen-bond acceptors (Lipinski definition) is 3. The summed E-state index contributed by atoms with van der Waals surface area (Å²) in [4.78, 5) is 13.2. The molecular weight excluding hydrogens is 226 g/mol. The maximum absolute atomic E-state index is 10.9. The van der Waals surface area contributed by atoms with Gasteiger partial charge < -0.3 is 16.4 Å². The first-order valence-electron chi connectivity index (χ1n) is 6.45. The summed E-state index contributed by atoms with van der Waals surface area (Å²) in [6, 6.07) is 6.17. The fraction of sp³-hybridized carbons (Fsp3) is 0.500. The molecule has 98 valence electrons. The van der Waals surface area contributed by atoms with Gasteiger partial charge in [-0.15, -0.1) is 0 Å². The van der Waals surface area contributed by atoms with E-state index in [1.165, 1.54) is 5.56 Å². The quantitative estimate of drug-likeness (QED) is 0.798. The highest BCUT2D eigenvalue weighted by Crippen LogP contribution is 2.29. The third-order valence-electron chi connectivity index (χ3n) is 3.63. The highest BCUT2D eigenvalue weighted by atomic mass is 16.1. The number of carbonyl (C=O) groups is 1. The summed E-state index contributed by atoms with van der Waals surface area (Å²) >= 11 is 0. The summed E-state index contributed by atoms with van der Waals surface area (Å²) < 4.78 is 0. The second kappa shape index (κ2) is 5.29. The van der Waals surface area contributed by atoms with Gasteiger partial charge in [0.2, 0.25) is 5.91 Å². The zero-order valence-electron chi connectivity index (χ0n) is 10.9. The van der Waals surface area contributed by atoms with Crippen molar-refractivity contribution in [2.75, 3.05) is 23.7 Å². The molecule has 0 aromatic heterocycles. The number of nitrogen functional groups attached to an aromatic ring is 1. The fourth-order valence-corrected chi connectivity index (χ4v) is 2.62. The molecule has 18 heavy (non-hydrogen) atoms. The molecule has 1 fully saturated rings. The first-order valence-corrected chi connectivity index (χ1v) is 6.45. The topological polar surface area (TPSA) is 72.3 Å². The number of hydrogen-bond donors (Lipinski definition) is 2. The normalized spacial score (nSPS) is 16.8. The summed E-state index contributed by atoms with van der Waals surface area (Å²) in [7, 11) is 0. The number of benzene rings is 1. The van der Waals surface area contributed by atoms with Gasteiger partial charge in [-0.1, -0.05) is 6.07 Å². The van der Waals surface area contributed by atoms with Crippen LogP contribution in [0, 0.1) is 12.8 Å².